The summed E-state index contributed by atoms with van der Waals surface area (Å²) in [5.41, 5.74) is 6.69. The molecule has 0 aliphatic heterocycles. The molecule has 0 spiro atoms. The second-order valence-electron chi connectivity index (χ2n) is 3.59. The molecule has 18 heavy (non-hydrogen) atoms. The highest BCUT2D eigenvalue weighted by atomic mass is 32.2. The summed E-state index contributed by atoms with van der Waals surface area (Å²) in [4.78, 5) is 0.758. The standard InChI is InChI=1S/C11H12N6S/c1-2-10-15-16-11(17(10)14)18-9-4-3-8(13)5-7(9)6-12/h3-5H,2,13-14H2,1H3. The summed E-state index contributed by atoms with van der Waals surface area (Å²) in [7, 11) is 0. The monoisotopic (exact) mass is 260 g/mol. The summed E-state index contributed by atoms with van der Waals surface area (Å²) in [5, 5.41) is 17.6. The number of nitriles is 1. The molecule has 0 amide bonds. The van der Waals surface area contributed by atoms with Gasteiger partial charge in [-0.2, -0.15) is 5.26 Å². The van der Waals surface area contributed by atoms with Crippen LogP contribution in [0.1, 0.15) is 18.3 Å². The first-order valence-electron chi connectivity index (χ1n) is 5.32. The van der Waals surface area contributed by atoms with Gasteiger partial charge in [-0.3, -0.25) is 0 Å². The molecule has 0 aliphatic carbocycles. The van der Waals surface area contributed by atoms with Gasteiger partial charge >= 0.3 is 0 Å². The number of anilines is 1. The van der Waals surface area contributed by atoms with Gasteiger partial charge in [0.1, 0.15) is 6.07 Å². The fourth-order valence-corrected chi connectivity index (χ4v) is 2.27. The molecular formula is C11H12N6S. The Morgan fingerprint density at radius 1 is 1.44 bits per heavy atom. The van der Waals surface area contributed by atoms with Crippen LogP contribution in [0.4, 0.5) is 5.69 Å². The molecule has 0 bridgehead atoms. The third-order valence-electron chi connectivity index (χ3n) is 2.38. The lowest BCUT2D eigenvalue weighted by Crippen LogP contribution is -2.13. The van der Waals surface area contributed by atoms with Crippen LogP contribution in [0.25, 0.3) is 0 Å². The predicted octanol–water partition coefficient (Wildman–Crippen LogP) is 1.16. The molecule has 7 heteroatoms. The van der Waals surface area contributed by atoms with Crippen LogP contribution in [-0.2, 0) is 6.42 Å². The van der Waals surface area contributed by atoms with Crippen LogP contribution in [0.5, 0.6) is 0 Å². The van der Waals surface area contributed by atoms with Crippen molar-refractivity contribution in [3.63, 3.8) is 0 Å². The molecule has 1 heterocycles. The molecule has 2 aromatic rings. The summed E-state index contributed by atoms with van der Waals surface area (Å²) >= 11 is 1.30. The van der Waals surface area contributed by atoms with Gasteiger partial charge in [-0.25, -0.2) is 4.68 Å². The molecule has 1 aromatic heterocycles. The fraction of sp³-hybridized carbons (Fsp3) is 0.182. The van der Waals surface area contributed by atoms with Crippen LogP contribution in [0.3, 0.4) is 0 Å². The maximum Gasteiger partial charge on any atom is 0.214 e. The minimum Gasteiger partial charge on any atom is -0.399 e. The summed E-state index contributed by atoms with van der Waals surface area (Å²) in [5.74, 6) is 6.55. The highest BCUT2D eigenvalue weighted by Gasteiger charge is 2.12. The maximum absolute atomic E-state index is 9.05. The normalized spacial score (nSPS) is 10.2. The van der Waals surface area contributed by atoms with Gasteiger partial charge in [0, 0.05) is 17.0 Å². The second-order valence-corrected chi connectivity index (χ2v) is 4.60. The van der Waals surface area contributed by atoms with Crippen molar-refractivity contribution in [1.82, 2.24) is 14.9 Å². The molecule has 0 unspecified atom stereocenters. The van der Waals surface area contributed by atoms with E-state index in [0.717, 1.165) is 4.90 Å². The average molecular weight is 260 g/mol. The van der Waals surface area contributed by atoms with Crippen molar-refractivity contribution >= 4 is 17.4 Å². The quantitative estimate of drug-likeness (QED) is 0.633. The summed E-state index contributed by atoms with van der Waals surface area (Å²) < 4.78 is 1.43. The predicted molar refractivity (Wildman–Crippen MR) is 69.2 cm³/mol. The SMILES string of the molecule is CCc1nnc(Sc2ccc(N)cc2C#N)n1N. The Morgan fingerprint density at radius 2 is 2.22 bits per heavy atom. The molecule has 0 radical (unpaired) electrons. The van der Waals surface area contributed by atoms with Crippen LogP contribution in [0.15, 0.2) is 28.3 Å². The van der Waals surface area contributed by atoms with Gasteiger partial charge in [-0.15, -0.1) is 10.2 Å². The summed E-state index contributed by atoms with van der Waals surface area (Å²) in [6.45, 7) is 1.95. The lowest BCUT2D eigenvalue weighted by atomic mass is 10.2. The molecule has 0 fully saturated rings. The number of aryl methyl sites for hydroxylation is 1. The number of hydrogen-bond donors (Lipinski definition) is 2. The first-order chi connectivity index (χ1) is 8.65. The van der Waals surface area contributed by atoms with Crippen molar-refractivity contribution < 1.29 is 0 Å². The van der Waals surface area contributed by atoms with E-state index in [1.165, 1.54) is 16.4 Å². The third-order valence-corrected chi connectivity index (χ3v) is 3.41. The number of benzene rings is 1. The van der Waals surface area contributed by atoms with E-state index in [0.29, 0.717) is 28.7 Å². The average Bonchev–Trinajstić information content (AvgIpc) is 2.72. The molecular weight excluding hydrogens is 248 g/mol. The first-order valence-corrected chi connectivity index (χ1v) is 6.14. The van der Waals surface area contributed by atoms with Crippen molar-refractivity contribution in [3.8, 4) is 6.07 Å². The molecule has 6 nitrogen and oxygen atoms in total. The van der Waals surface area contributed by atoms with Gasteiger partial charge in [-0.05, 0) is 30.0 Å². The van der Waals surface area contributed by atoms with Gasteiger partial charge in [0.25, 0.3) is 0 Å². The van der Waals surface area contributed by atoms with Gasteiger partial charge in [0.2, 0.25) is 5.16 Å². The van der Waals surface area contributed by atoms with Crippen molar-refractivity contribution in [1.29, 1.82) is 5.26 Å². The molecule has 0 saturated heterocycles. The van der Waals surface area contributed by atoms with Crippen LogP contribution in [-0.4, -0.2) is 14.9 Å². The summed E-state index contributed by atoms with van der Waals surface area (Å²) in [6, 6.07) is 7.24. The third kappa shape index (κ3) is 2.24. The Hall–Kier alpha value is -2.20. The number of aromatic nitrogens is 3. The Balaban J connectivity index is 2.34. The van der Waals surface area contributed by atoms with E-state index < -0.39 is 0 Å². The fourth-order valence-electron chi connectivity index (χ4n) is 1.44. The zero-order valence-corrected chi connectivity index (χ0v) is 10.6. The Labute approximate surface area is 109 Å². The van der Waals surface area contributed by atoms with E-state index in [1.54, 1.807) is 18.2 Å². The van der Waals surface area contributed by atoms with Crippen molar-refractivity contribution in [2.45, 2.75) is 23.4 Å². The largest absolute Gasteiger partial charge is 0.399 e. The topological polar surface area (TPSA) is 107 Å². The summed E-state index contributed by atoms with van der Waals surface area (Å²) in [6.07, 6.45) is 0.705. The molecule has 1 aromatic carbocycles. The lowest BCUT2D eigenvalue weighted by Gasteiger charge is -2.04. The van der Waals surface area contributed by atoms with Crippen LogP contribution < -0.4 is 11.6 Å². The number of hydrogen-bond acceptors (Lipinski definition) is 6. The molecule has 2 rings (SSSR count). The van der Waals surface area contributed by atoms with E-state index >= 15 is 0 Å². The molecule has 92 valence electrons. The highest BCUT2D eigenvalue weighted by Crippen LogP contribution is 2.29. The second kappa shape index (κ2) is 4.98. The molecule has 0 atom stereocenters. The molecule has 0 saturated carbocycles. The zero-order chi connectivity index (χ0) is 13.1. The van der Waals surface area contributed by atoms with Crippen LogP contribution in [0, 0.1) is 11.3 Å². The Morgan fingerprint density at radius 3 is 2.83 bits per heavy atom. The van der Waals surface area contributed by atoms with Crippen molar-refractivity contribution in [2.75, 3.05) is 11.6 Å². The van der Waals surface area contributed by atoms with Crippen molar-refractivity contribution in [3.05, 3.63) is 29.6 Å². The number of nitrogens with two attached hydrogens (primary N) is 2. The minimum absolute atomic E-state index is 0.501. The first kappa shape index (κ1) is 12.3. The van der Waals surface area contributed by atoms with Gasteiger partial charge in [0.15, 0.2) is 5.82 Å². The smallest absolute Gasteiger partial charge is 0.214 e. The van der Waals surface area contributed by atoms with Crippen molar-refractivity contribution in [2.24, 2.45) is 0 Å². The lowest BCUT2D eigenvalue weighted by molar-refractivity contribution is 0.796. The molecule has 4 N–H and O–H groups in total. The minimum atomic E-state index is 0.501. The van der Waals surface area contributed by atoms with E-state index in [4.69, 9.17) is 16.8 Å². The van der Waals surface area contributed by atoms with E-state index in [2.05, 4.69) is 16.3 Å². The van der Waals surface area contributed by atoms with Gasteiger partial charge in [-0.1, -0.05) is 6.92 Å². The van der Waals surface area contributed by atoms with Gasteiger partial charge < -0.3 is 11.6 Å². The number of nitrogen functional groups attached to an aromatic ring is 2. The Kier molecular flexibility index (Phi) is 3.39. The van der Waals surface area contributed by atoms with Crippen LogP contribution in [0.2, 0.25) is 0 Å². The molecule has 0 aliphatic rings. The van der Waals surface area contributed by atoms with Gasteiger partial charge in [0.05, 0.1) is 5.56 Å². The van der Waals surface area contributed by atoms with E-state index in [-0.39, 0.29) is 0 Å². The number of rotatable bonds is 3. The van der Waals surface area contributed by atoms with Crippen LogP contribution >= 0.6 is 11.8 Å². The van der Waals surface area contributed by atoms with E-state index in [9.17, 15) is 0 Å². The van der Waals surface area contributed by atoms with E-state index in [1.807, 2.05) is 6.92 Å². The maximum atomic E-state index is 9.05. The highest BCUT2D eigenvalue weighted by molar-refractivity contribution is 7.99. The zero-order valence-electron chi connectivity index (χ0n) is 9.79. The Bertz CT molecular complexity index is 612. The number of nitrogens with zero attached hydrogens (tertiary/aromatic N) is 4.